The van der Waals surface area contributed by atoms with Gasteiger partial charge in [-0.05, 0) is 57.8 Å². The molecule has 0 fully saturated rings. The van der Waals surface area contributed by atoms with Crippen molar-refractivity contribution in [3.63, 3.8) is 0 Å². The van der Waals surface area contributed by atoms with Crippen LogP contribution in [0, 0.1) is 5.41 Å². The van der Waals surface area contributed by atoms with E-state index in [9.17, 15) is 0 Å². The predicted octanol–water partition coefficient (Wildman–Crippen LogP) is 3.08. The summed E-state index contributed by atoms with van der Waals surface area (Å²) < 4.78 is 0. The fraction of sp³-hybridized carbons (Fsp3) is 1.00. The van der Waals surface area contributed by atoms with Gasteiger partial charge in [0.05, 0.1) is 0 Å². The molecule has 2 unspecified atom stereocenters. The topological polar surface area (TPSA) is 15.3 Å². The first-order valence-corrected chi connectivity index (χ1v) is 8.08. The average Bonchev–Trinajstić information content (AvgIpc) is 2.24. The zero-order valence-corrected chi connectivity index (χ0v) is 13.7. The van der Waals surface area contributed by atoms with E-state index in [1.165, 1.54) is 25.1 Å². The normalized spacial score (nSPS) is 16.2. The largest absolute Gasteiger partial charge is 0.316 e. The highest BCUT2D eigenvalue weighted by Crippen LogP contribution is 2.22. The third-order valence-corrected chi connectivity index (χ3v) is 4.30. The maximum Gasteiger partial charge on any atom is 0.0125 e. The van der Waals surface area contributed by atoms with E-state index in [0.717, 1.165) is 0 Å². The lowest BCUT2D eigenvalue weighted by Crippen LogP contribution is -2.41. The SMILES string of the molecule is CNC(CCN(C)C(C)CCSC)C(C)(C)C. The molecule has 0 amide bonds. The van der Waals surface area contributed by atoms with E-state index < -0.39 is 0 Å². The minimum absolute atomic E-state index is 0.345. The van der Waals surface area contributed by atoms with Crippen molar-refractivity contribution >= 4 is 11.8 Å². The van der Waals surface area contributed by atoms with Crippen molar-refractivity contribution in [3.05, 3.63) is 0 Å². The van der Waals surface area contributed by atoms with E-state index in [-0.39, 0.29) is 0 Å². The van der Waals surface area contributed by atoms with E-state index in [1.54, 1.807) is 0 Å². The number of rotatable bonds is 8. The van der Waals surface area contributed by atoms with Gasteiger partial charge in [0.2, 0.25) is 0 Å². The number of hydrogen-bond acceptors (Lipinski definition) is 3. The molecule has 17 heavy (non-hydrogen) atoms. The van der Waals surface area contributed by atoms with Gasteiger partial charge in [-0.1, -0.05) is 20.8 Å². The monoisotopic (exact) mass is 260 g/mol. The van der Waals surface area contributed by atoms with Crippen molar-refractivity contribution in [1.82, 2.24) is 10.2 Å². The second-order valence-corrected chi connectivity index (χ2v) is 7.09. The van der Waals surface area contributed by atoms with Gasteiger partial charge in [0.15, 0.2) is 0 Å². The highest BCUT2D eigenvalue weighted by Gasteiger charge is 2.23. The molecule has 0 aliphatic heterocycles. The summed E-state index contributed by atoms with van der Waals surface area (Å²) in [6, 6.07) is 1.29. The molecule has 3 heteroatoms. The van der Waals surface area contributed by atoms with Crippen LogP contribution in [-0.4, -0.2) is 49.6 Å². The summed E-state index contributed by atoms with van der Waals surface area (Å²) in [5.41, 5.74) is 0.345. The number of nitrogens with zero attached hydrogens (tertiary/aromatic N) is 1. The highest BCUT2D eigenvalue weighted by atomic mass is 32.2. The van der Waals surface area contributed by atoms with Gasteiger partial charge >= 0.3 is 0 Å². The first-order valence-electron chi connectivity index (χ1n) is 6.69. The lowest BCUT2D eigenvalue weighted by atomic mass is 9.85. The summed E-state index contributed by atoms with van der Waals surface area (Å²) in [4.78, 5) is 2.49. The van der Waals surface area contributed by atoms with Gasteiger partial charge in [-0.25, -0.2) is 0 Å². The van der Waals surface area contributed by atoms with Crippen LogP contribution in [0.25, 0.3) is 0 Å². The van der Waals surface area contributed by atoms with E-state index >= 15 is 0 Å². The van der Waals surface area contributed by atoms with Crippen LogP contribution in [0.5, 0.6) is 0 Å². The lowest BCUT2D eigenvalue weighted by molar-refractivity contribution is 0.201. The molecule has 0 aromatic carbocycles. The maximum absolute atomic E-state index is 3.45. The van der Waals surface area contributed by atoms with Gasteiger partial charge in [0, 0.05) is 12.1 Å². The van der Waals surface area contributed by atoms with E-state index in [4.69, 9.17) is 0 Å². The van der Waals surface area contributed by atoms with Crippen LogP contribution < -0.4 is 5.32 Å². The molecular formula is C14H32N2S. The molecule has 0 aromatic heterocycles. The maximum atomic E-state index is 3.45. The Morgan fingerprint density at radius 2 is 1.82 bits per heavy atom. The second kappa shape index (κ2) is 8.39. The quantitative estimate of drug-likeness (QED) is 0.722. The van der Waals surface area contributed by atoms with Crippen molar-refractivity contribution in [2.24, 2.45) is 5.41 Å². The van der Waals surface area contributed by atoms with Crippen LogP contribution in [0.15, 0.2) is 0 Å². The standard InChI is InChI=1S/C14H32N2S/c1-12(9-11-17-7)16(6)10-8-13(15-5)14(2,3)4/h12-13,15H,8-11H2,1-7H3. The smallest absolute Gasteiger partial charge is 0.0125 e. The van der Waals surface area contributed by atoms with Crippen LogP contribution in [0.2, 0.25) is 0 Å². The number of hydrogen-bond donors (Lipinski definition) is 1. The Kier molecular flexibility index (Phi) is 8.52. The van der Waals surface area contributed by atoms with E-state index in [1.807, 2.05) is 11.8 Å². The van der Waals surface area contributed by atoms with Crippen molar-refractivity contribution < 1.29 is 0 Å². The fourth-order valence-corrected chi connectivity index (χ4v) is 2.65. The van der Waals surface area contributed by atoms with Crippen LogP contribution >= 0.6 is 11.8 Å². The van der Waals surface area contributed by atoms with Crippen molar-refractivity contribution in [2.75, 3.05) is 32.6 Å². The minimum atomic E-state index is 0.345. The molecule has 0 heterocycles. The summed E-state index contributed by atoms with van der Waals surface area (Å²) in [5.74, 6) is 1.26. The molecular weight excluding hydrogens is 228 g/mol. The molecule has 1 N–H and O–H groups in total. The van der Waals surface area contributed by atoms with Gasteiger partial charge < -0.3 is 10.2 Å². The fourth-order valence-electron chi connectivity index (χ4n) is 2.07. The zero-order valence-electron chi connectivity index (χ0n) is 12.8. The third kappa shape index (κ3) is 7.32. The van der Waals surface area contributed by atoms with Crippen LogP contribution in [0.1, 0.15) is 40.5 Å². The van der Waals surface area contributed by atoms with Gasteiger partial charge in [-0.2, -0.15) is 11.8 Å². The van der Waals surface area contributed by atoms with Crippen LogP contribution in [0.3, 0.4) is 0 Å². The number of nitrogens with one attached hydrogen (secondary N) is 1. The molecule has 0 aliphatic carbocycles. The first kappa shape index (κ1) is 17.3. The molecule has 2 atom stereocenters. The Balaban J connectivity index is 4.00. The van der Waals surface area contributed by atoms with Crippen LogP contribution in [-0.2, 0) is 0 Å². The summed E-state index contributed by atoms with van der Waals surface area (Å²) >= 11 is 1.94. The van der Waals surface area contributed by atoms with E-state index in [0.29, 0.717) is 17.5 Å². The molecule has 2 nitrogen and oxygen atoms in total. The van der Waals surface area contributed by atoms with Crippen molar-refractivity contribution in [3.8, 4) is 0 Å². The highest BCUT2D eigenvalue weighted by molar-refractivity contribution is 7.98. The summed E-state index contributed by atoms with van der Waals surface area (Å²) in [7, 11) is 4.33. The Bertz CT molecular complexity index is 189. The Labute approximate surface area is 113 Å². The predicted molar refractivity (Wildman–Crippen MR) is 82.0 cm³/mol. The molecule has 0 saturated carbocycles. The molecule has 0 spiro atoms. The lowest BCUT2D eigenvalue weighted by Gasteiger charge is -2.33. The summed E-state index contributed by atoms with van der Waals surface area (Å²) in [5, 5.41) is 3.45. The Morgan fingerprint density at radius 3 is 2.24 bits per heavy atom. The molecule has 104 valence electrons. The van der Waals surface area contributed by atoms with Gasteiger partial charge in [0.1, 0.15) is 0 Å². The van der Waals surface area contributed by atoms with Crippen LogP contribution in [0.4, 0.5) is 0 Å². The number of thioether (sulfide) groups is 1. The Morgan fingerprint density at radius 1 is 1.24 bits per heavy atom. The van der Waals surface area contributed by atoms with Gasteiger partial charge in [-0.15, -0.1) is 0 Å². The van der Waals surface area contributed by atoms with Gasteiger partial charge in [0.25, 0.3) is 0 Å². The second-order valence-electron chi connectivity index (χ2n) is 6.11. The van der Waals surface area contributed by atoms with Crippen molar-refractivity contribution in [1.29, 1.82) is 0 Å². The summed E-state index contributed by atoms with van der Waals surface area (Å²) in [6.45, 7) is 10.4. The molecule has 0 rings (SSSR count). The Hall–Kier alpha value is 0.270. The van der Waals surface area contributed by atoms with Gasteiger partial charge in [-0.3, -0.25) is 0 Å². The zero-order chi connectivity index (χ0) is 13.5. The molecule has 0 aliphatic rings. The molecule has 0 bridgehead atoms. The third-order valence-electron chi connectivity index (χ3n) is 3.66. The van der Waals surface area contributed by atoms with Crippen molar-refractivity contribution in [2.45, 2.75) is 52.6 Å². The first-order chi connectivity index (χ1) is 7.82. The summed E-state index contributed by atoms with van der Waals surface area (Å²) in [6.07, 6.45) is 4.70. The van der Waals surface area contributed by atoms with E-state index in [2.05, 4.69) is 58.3 Å². The molecule has 0 saturated heterocycles. The molecule has 0 radical (unpaired) electrons. The average molecular weight is 260 g/mol. The molecule has 0 aromatic rings. The minimum Gasteiger partial charge on any atom is -0.316 e.